The maximum atomic E-state index is 5.67. The molecule has 1 aliphatic carbocycles. The van der Waals surface area contributed by atoms with Crippen molar-refractivity contribution in [2.75, 3.05) is 0 Å². The van der Waals surface area contributed by atoms with Gasteiger partial charge in [0.2, 0.25) is 0 Å². The molecule has 84 valence electrons. The quantitative estimate of drug-likeness (QED) is 0.593. The summed E-state index contributed by atoms with van der Waals surface area (Å²) in [5.74, 6) is 6.27. The molecule has 0 bridgehead atoms. The first-order valence-electron chi connectivity index (χ1n) is 5.63. The van der Waals surface area contributed by atoms with Gasteiger partial charge < -0.3 is 4.42 Å². The standard InChI is InChI=1S/C12H20N2O/c1-12(2)6-3-4-10(12)11(14-13)9-5-7-15-8-9/h5,7-8,10-11,14H,3-4,6,13H2,1-2H3. The maximum absolute atomic E-state index is 5.67. The second-order valence-electron chi connectivity index (χ2n) is 5.19. The number of rotatable bonds is 3. The molecule has 1 aliphatic rings. The van der Waals surface area contributed by atoms with E-state index in [0.717, 1.165) is 5.56 Å². The Balaban J connectivity index is 2.20. The number of hydrogen-bond donors (Lipinski definition) is 2. The van der Waals surface area contributed by atoms with Crippen LogP contribution < -0.4 is 11.3 Å². The lowest BCUT2D eigenvalue weighted by atomic mass is 9.76. The van der Waals surface area contributed by atoms with Crippen molar-refractivity contribution in [3.05, 3.63) is 24.2 Å². The van der Waals surface area contributed by atoms with Crippen LogP contribution in [-0.4, -0.2) is 0 Å². The molecule has 3 nitrogen and oxygen atoms in total. The number of nitrogens with two attached hydrogens (primary N) is 1. The Bertz CT molecular complexity index is 305. The molecule has 2 atom stereocenters. The summed E-state index contributed by atoms with van der Waals surface area (Å²) in [6.07, 6.45) is 7.33. The smallest absolute Gasteiger partial charge is 0.0950 e. The SMILES string of the molecule is CC1(C)CCCC1C(NN)c1ccoc1. The van der Waals surface area contributed by atoms with Crippen LogP contribution in [0.1, 0.15) is 44.7 Å². The van der Waals surface area contributed by atoms with Crippen LogP contribution in [0.5, 0.6) is 0 Å². The average Bonchev–Trinajstić information content (AvgIpc) is 2.78. The Morgan fingerprint density at radius 1 is 1.60 bits per heavy atom. The average molecular weight is 208 g/mol. The normalized spacial score (nSPS) is 26.7. The third-order valence-corrected chi connectivity index (χ3v) is 3.82. The van der Waals surface area contributed by atoms with E-state index in [-0.39, 0.29) is 6.04 Å². The third kappa shape index (κ3) is 1.94. The van der Waals surface area contributed by atoms with E-state index in [0.29, 0.717) is 11.3 Å². The highest BCUT2D eigenvalue weighted by atomic mass is 16.3. The summed E-state index contributed by atoms with van der Waals surface area (Å²) in [6.45, 7) is 4.66. The van der Waals surface area contributed by atoms with E-state index in [9.17, 15) is 0 Å². The van der Waals surface area contributed by atoms with Crippen LogP contribution in [0, 0.1) is 11.3 Å². The summed E-state index contributed by atoms with van der Waals surface area (Å²) >= 11 is 0. The van der Waals surface area contributed by atoms with Crippen molar-refractivity contribution in [3.63, 3.8) is 0 Å². The van der Waals surface area contributed by atoms with Crippen molar-refractivity contribution in [3.8, 4) is 0 Å². The lowest BCUT2D eigenvalue weighted by Crippen LogP contribution is -2.37. The van der Waals surface area contributed by atoms with E-state index in [1.54, 1.807) is 12.5 Å². The predicted molar refractivity (Wildman–Crippen MR) is 59.9 cm³/mol. The molecule has 1 fully saturated rings. The van der Waals surface area contributed by atoms with Crippen LogP contribution >= 0.6 is 0 Å². The molecule has 0 radical (unpaired) electrons. The lowest BCUT2D eigenvalue weighted by Gasteiger charge is -2.33. The molecular formula is C12H20N2O. The molecule has 0 amide bonds. The van der Waals surface area contributed by atoms with E-state index in [1.807, 2.05) is 6.07 Å². The van der Waals surface area contributed by atoms with Crippen LogP contribution in [0.15, 0.2) is 23.0 Å². The van der Waals surface area contributed by atoms with Crippen LogP contribution in [0.25, 0.3) is 0 Å². The summed E-state index contributed by atoms with van der Waals surface area (Å²) in [6, 6.07) is 2.22. The second-order valence-corrected chi connectivity index (χ2v) is 5.19. The van der Waals surface area contributed by atoms with Gasteiger partial charge in [0, 0.05) is 5.56 Å². The fourth-order valence-corrected chi connectivity index (χ4v) is 2.87. The first kappa shape index (κ1) is 10.7. The monoisotopic (exact) mass is 208 g/mol. The summed E-state index contributed by atoms with van der Waals surface area (Å²) in [7, 11) is 0. The topological polar surface area (TPSA) is 51.2 Å². The van der Waals surface area contributed by atoms with Crippen molar-refractivity contribution in [2.24, 2.45) is 17.2 Å². The van der Waals surface area contributed by atoms with Gasteiger partial charge in [0.25, 0.3) is 0 Å². The molecule has 1 aromatic heterocycles. The van der Waals surface area contributed by atoms with E-state index in [2.05, 4.69) is 19.3 Å². The van der Waals surface area contributed by atoms with Crippen molar-refractivity contribution in [2.45, 2.75) is 39.2 Å². The number of nitrogens with one attached hydrogen (secondary N) is 1. The van der Waals surface area contributed by atoms with Gasteiger partial charge in [-0.2, -0.15) is 0 Å². The number of hydrogen-bond acceptors (Lipinski definition) is 3. The van der Waals surface area contributed by atoms with E-state index < -0.39 is 0 Å². The molecule has 0 aliphatic heterocycles. The van der Waals surface area contributed by atoms with E-state index >= 15 is 0 Å². The molecule has 0 aromatic carbocycles. The Hall–Kier alpha value is -0.800. The van der Waals surface area contributed by atoms with Gasteiger partial charge in [-0.05, 0) is 30.2 Å². The van der Waals surface area contributed by atoms with Crippen LogP contribution in [0.3, 0.4) is 0 Å². The highest BCUT2D eigenvalue weighted by Gasteiger charge is 2.39. The van der Waals surface area contributed by atoms with Crippen molar-refractivity contribution in [1.82, 2.24) is 5.43 Å². The third-order valence-electron chi connectivity index (χ3n) is 3.82. The van der Waals surface area contributed by atoms with E-state index in [4.69, 9.17) is 10.3 Å². The van der Waals surface area contributed by atoms with Gasteiger partial charge in [-0.3, -0.25) is 11.3 Å². The zero-order chi connectivity index (χ0) is 10.9. The molecule has 2 unspecified atom stereocenters. The Labute approximate surface area is 91.0 Å². The molecular weight excluding hydrogens is 188 g/mol. The van der Waals surface area contributed by atoms with Crippen molar-refractivity contribution in [1.29, 1.82) is 0 Å². The Morgan fingerprint density at radius 3 is 2.87 bits per heavy atom. The van der Waals surface area contributed by atoms with Gasteiger partial charge in [-0.15, -0.1) is 0 Å². The minimum absolute atomic E-state index is 0.223. The summed E-state index contributed by atoms with van der Waals surface area (Å²) < 4.78 is 5.13. The Morgan fingerprint density at radius 2 is 2.40 bits per heavy atom. The summed E-state index contributed by atoms with van der Waals surface area (Å²) in [4.78, 5) is 0. The highest BCUT2D eigenvalue weighted by Crippen LogP contribution is 2.48. The molecule has 1 heterocycles. The molecule has 1 aromatic rings. The molecule has 3 heteroatoms. The molecule has 2 rings (SSSR count). The first-order valence-corrected chi connectivity index (χ1v) is 5.63. The van der Waals surface area contributed by atoms with Gasteiger partial charge in [-0.1, -0.05) is 20.3 Å². The van der Waals surface area contributed by atoms with Gasteiger partial charge in [0.15, 0.2) is 0 Å². The summed E-state index contributed by atoms with van der Waals surface area (Å²) in [5.41, 5.74) is 4.48. The second kappa shape index (κ2) is 3.99. The Kier molecular flexibility index (Phi) is 2.85. The van der Waals surface area contributed by atoms with Crippen molar-refractivity contribution >= 4 is 0 Å². The van der Waals surface area contributed by atoms with Crippen molar-refractivity contribution < 1.29 is 4.42 Å². The highest BCUT2D eigenvalue weighted by molar-refractivity contribution is 5.14. The minimum Gasteiger partial charge on any atom is -0.472 e. The number of furan rings is 1. The fourth-order valence-electron chi connectivity index (χ4n) is 2.87. The van der Waals surface area contributed by atoms with Crippen LogP contribution in [-0.2, 0) is 0 Å². The first-order chi connectivity index (χ1) is 7.15. The van der Waals surface area contributed by atoms with Gasteiger partial charge in [-0.25, -0.2) is 0 Å². The molecule has 15 heavy (non-hydrogen) atoms. The van der Waals surface area contributed by atoms with Gasteiger partial charge >= 0.3 is 0 Å². The number of hydrazine groups is 1. The van der Waals surface area contributed by atoms with Crippen LogP contribution in [0.4, 0.5) is 0 Å². The van der Waals surface area contributed by atoms with Gasteiger partial charge in [0.1, 0.15) is 0 Å². The maximum Gasteiger partial charge on any atom is 0.0950 e. The minimum atomic E-state index is 0.223. The molecule has 0 saturated heterocycles. The lowest BCUT2D eigenvalue weighted by molar-refractivity contribution is 0.198. The van der Waals surface area contributed by atoms with Gasteiger partial charge in [0.05, 0.1) is 18.6 Å². The largest absolute Gasteiger partial charge is 0.472 e. The van der Waals surface area contributed by atoms with Crippen LogP contribution in [0.2, 0.25) is 0 Å². The van der Waals surface area contributed by atoms with E-state index in [1.165, 1.54) is 19.3 Å². The molecule has 0 spiro atoms. The zero-order valence-electron chi connectivity index (χ0n) is 9.49. The zero-order valence-corrected chi connectivity index (χ0v) is 9.49. The summed E-state index contributed by atoms with van der Waals surface area (Å²) in [5, 5.41) is 0. The fraction of sp³-hybridized carbons (Fsp3) is 0.667. The molecule has 3 N–H and O–H groups in total. The molecule has 1 saturated carbocycles. The predicted octanol–water partition coefficient (Wildman–Crippen LogP) is 2.61.